The molecule has 1 aromatic carbocycles. The maximum atomic E-state index is 5.18. The average molecular weight is 326 g/mol. The van der Waals surface area contributed by atoms with Gasteiger partial charge in [0.2, 0.25) is 0 Å². The molecule has 2 aromatic rings. The van der Waals surface area contributed by atoms with Crippen molar-refractivity contribution in [2.24, 2.45) is 0 Å². The molecule has 0 spiro atoms. The Labute approximate surface area is 120 Å². The van der Waals surface area contributed by atoms with Crippen LogP contribution in [0.15, 0.2) is 40.2 Å². The third kappa shape index (κ3) is 3.34. The second-order valence-electron chi connectivity index (χ2n) is 4.02. The first-order valence-electron chi connectivity index (χ1n) is 5.78. The molecular weight excluding hydrogens is 310 g/mol. The van der Waals surface area contributed by atoms with Gasteiger partial charge in [0.15, 0.2) is 0 Å². The van der Waals surface area contributed by atoms with E-state index >= 15 is 0 Å². The summed E-state index contributed by atoms with van der Waals surface area (Å²) >= 11 is 5.29. The van der Waals surface area contributed by atoms with Gasteiger partial charge >= 0.3 is 0 Å². The summed E-state index contributed by atoms with van der Waals surface area (Å²) in [5.41, 5.74) is 1.28. The Bertz CT molecular complexity index is 495. The quantitative estimate of drug-likeness (QED) is 0.896. The molecule has 18 heavy (non-hydrogen) atoms. The number of benzene rings is 1. The van der Waals surface area contributed by atoms with E-state index in [1.807, 2.05) is 19.2 Å². The minimum absolute atomic E-state index is 0.335. The number of rotatable bonds is 5. The van der Waals surface area contributed by atoms with E-state index < -0.39 is 0 Å². The molecule has 1 unspecified atom stereocenters. The van der Waals surface area contributed by atoms with Crippen LogP contribution in [0.1, 0.15) is 16.5 Å². The second-order valence-corrected chi connectivity index (χ2v) is 6.57. The van der Waals surface area contributed by atoms with Crippen molar-refractivity contribution in [2.45, 2.75) is 12.5 Å². The maximum absolute atomic E-state index is 5.18. The molecule has 0 radical (unpaired) electrons. The summed E-state index contributed by atoms with van der Waals surface area (Å²) in [6.45, 7) is 0. The summed E-state index contributed by atoms with van der Waals surface area (Å²) in [4.78, 5) is 1.37. The number of likely N-dealkylation sites (N-methyl/N-ethyl adjacent to an activating group) is 1. The first kappa shape index (κ1) is 13.6. The molecule has 0 aliphatic heterocycles. The van der Waals surface area contributed by atoms with Gasteiger partial charge in [-0.1, -0.05) is 12.1 Å². The molecule has 1 N–H and O–H groups in total. The van der Waals surface area contributed by atoms with Crippen LogP contribution in [0, 0.1) is 0 Å². The number of halogens is 1. The summed E-state index contributed by atoms with van der Waals surface area (Å²) in [6.07, 6.45) is 0.999. The van der Waals surface area contributed by atoms with Gasteiger partial charge in [-0.2, -0.15) is 0 Å². The van der Waals surface area contributed by atoms with Crippen molar-refractivity contribution in [1.29, 1.82) is 0 Å². The van der Waals surface area contributed by atoms with E-state index in [0.717, 1.165) is 12.2 Å². The Hall–Kier alpha value is -0.840. The molecule has 0 aliphatic rings. The lowest BCUT2D eigenvalue weighted by Gasteiger charge is -2.16. The number of hydrogen-bond donors (Lipinski definition) is 1. The Morgan fingerprint density at radius 3 is 2.44 bits per heavy atom. The maximum Gasteiger partial charge on any atom is 0.118 e. The number of hydrogen-bond acceptors (Lipinski definition) is 3. The molecule has 0 aliphatic carbocycles. The molecule has 0 saturated carbocycles. The fourth-order valence-electron chi connectivity index (χ4n) is 1.89. The van der Waals surface area contributed by atoms with Gasteiger partial charge in [-0.3, -0.25) is 0 Å². The highest BCUT2D eigenvalue weighted by Gasteiger charge is 2.11. The van der Waals surface area contributed by atoms with Crippen molar-refractivity contribution >= 4 is 27.3 Å². The van der Waals surface area contributed by atoms with Crippen LogP contribution in [0.4, 0.5) is 0 Å². The van der Waals surface area contributed by atoms with E-state index in [4.69, 9.17) is 4.74 Å². The first-order valence-corrected chi connectivity index (χ1v) is 7.39. The van der Waals surface area contributed by atoms with Crippen molar-refractivity contribution in [1.82, 2.24) is 5.32 Å². The summed E-state index contributed by atoms with van der Waals surface area (Å²) in [5, 5.41) is 3.36. The highest BCUT2D eigenvalue weighted by atomic mass is 79.9. The molecular formula is C14H16BrNOS. The molecule has 1 heterocycles. The molecule has 0 amide bonds. The SMILES string of the molecule is CNC(Cc1ccc(Br)s1)c1ccc(OC)cc1. The van der Waals surface area contributed by atoms with Crippen molar-refractivity contribution in [3.63, 3.8) is 0 Å². The minimum atomic E-state index is 0.335. The molecule has 1 aromatic heterocycles. The standard InChI is InChI=1S/C14H16BrNOS/c1-16-13(9-12-7-8-14(15)18-12)10-3-5-11(17-2)6-4-10/h3-8,13,16H,9H2,1-2H3. The van der Waals surface area contributed by atoms with Gasteiger partial charge in [0.25, 0.3) is 0 Å². The zero-order valence-corrected chi connectivity index (χ0v) is 12.8. The van der Waals surface area contributed by atoms with Crippen LogP contribution in [-0.4, -0.2) is 14.2 Å². The smallest absolute Gasteiger partial charge is 0.118 e. The van der Waals surface area contributed by atoms with Gasteiger partial charge in [0.05, 0.1) is 10.9 Å². The molecule has 0 fully saturated rings. The normalized spacial score (nSPS) is 12.4. The molecule has 4 heteroatoms. The van der Waals surface area contributed by atoms with E-state index in [1.165, 1.54) is 14.2 Å². The predicted octanol–water partition coefficient (Wildman–Crippen LogP) is 4.02. The highest BCUT2D eigenvalue weighted by Crippen LogP contribution is 2.27. The lowest BCUT2D eigenvalue weighted by molar-refractivity contribution is 0.414. The van der Waals surface area contributed by atoms with E-state index in [1.54, 1.807) is 18.4 Å². The van der Waals surface area contributed by atoms with Gasteiger partial charge in [-0.05, 0) is 52.8 Å². The fourth-order valence-corrected chi connectivity index (χ4v) is 3.41. The zero-order valence-electron chi connectivity index (χ0n) is 10.4. The summed E-state index contributed by atoms with van der Waals surface area (Å²) in [5.74, 6) is 0.896. The van der Waals surface area contributed by atoms with E-state index in [2.05, 4.69) is 45.5 Å². The van der Waals surface area contributed by atoms with Crippen LogP contribution in [0.2, 0.25) is 0 Å². The second kappa shape index (κ2) is 6.36. The molecule has 0 saturated heterocycles. The average Bonchev–Trinajstić information content (AvgIpc) is 2.82. The van der Waals surface area contributed by atoms with Crippen LogP contribution in [-0.2, 0) is 6.42 Å². The third-order valence-electron chi connectivity index (χ3n) is 2.90. The topological polar surface area (TPSA) is 21.3 Å². The largest absolute Gasteiger partial charge is 0.497 e. The lowest BCUT2D eigenvalue weighted by atomic mass is 10.0. The van der Waals surface area contributed by atoms with Crippen LogP contribution < -0.4 is 10.1 Å². The van der Waals surface area contributed by atoms with Gasteiger partial charge < -0.3 is 10.1 Å². The van der Waals surface area contributed by atoms with Gasteiger partial charge in [0, 0.05) is 17.3 Å². The van der Waals surface area contributed by atoms with E-state index in [0.29, 0.717) is 6.04 Å². The van der Waals surface area contributed by atoms with Crippen molar-refractivity contribution < 1.29 is 4.74 Å². The molecule has 0 bridgehead atoms. The zero-order chi connectivity index (χ0) is 13.0. The van der Waals surface area contributed by atoms with Gasteiger partial charge in [0.1, 0.15) is 5.75 Å². The lowest BCUT2D eigenvalue weighted by Crippen LogP contribution is -2.18. The van der Waals surface area contributed by atoms with Gasteiger partial charge in [-0.15, -0.1) is 11.3 Å². The van der Waals surface area contributed by atoms with Crippen LogP contribution in [0.25, 0.3) is 0 Å². The number of nitrogens with one attached hydrogen (secondary N) is 1. The monoisotopic (exact) mass is 325 g/mol. The Morgan fingerprint density at radius 1 is 1.22 bits per heavy atom. The van der Waals surface area contributed by atoms with Crippen LogP contribution >= 0.6 is 27.3 Å². The van der Waals surface area contributed by atoms with Crippen molar-refractivity contribution in [2.75, 3.05) is 14.2 Å². The van der Waals surface area contributed by atoms with Crippen LogP contribution in [0.5, 0.6) is 5.75 Å². The predicted molar refractivity (Wildman–Crippen MR) is 80.5 cm³/mol. The fraction of sp³-hybridized carbons (Fsp3) is 0.286. The molecule has 96 valence electrons. The summed E-state index contributed by atoms with van der Waals surface area (Å²) in [6, 6.07) is 12.8. The number of ether oxygens (including phenoxy) is 1. The van der Waals surface area contributed by atoms with Crippen LogP contribution in [0.3, 0.4) is 0 Å². The van der Waals surface area contributed by atoms with E-state index in [9.17, 15) is 0 Å². The number of thiophene rings is 1. The van der Waals surface area contributed by atoms with Crippen molar-refractivity contribution in [3.05, 3.63) is 50.6 Å². The van der Waals surface area contributed by atoms with E-state index in [-0.39, 0.29) is 0 Å². The summed E-state index contributed by atoms with van der Waals surface area (Å²) in [7, 11) is 3.69. The minimum Gasteiger partial charge on any atom is -0.497 e. The summed E-state index contributed by atoms with van der Waals surface area (Å²) < 4.78 is 6.36. The third-order valence-corrected chi connectivity index (χ3v) is 4.55. The highest BCUT2D eigenvalue weighted by molar-refractivity contribution is 9.11. The van der Waals surface area contributed by atoms with Crippen molar-refractivity contribution in [3.8, 4) is 5.75 Å². The first-order chi connectivity index (χ1) is 8.72. The molecule has 2 rings (SSSR count). The van der Waals surface area contributed by atoms with Gasteiger partial charge in [-0.25, -0.2) is 0 Å². The Balaban J connectivity index is 2.12. The number of methoxy groups -OCH3 is 1. The Kier molecular flexibility index (Phi) is 4.80. The molecule has 2 nitrogen and oxygen atoms in total. The molecule has 1 atom stereocenters. The Morgan fingerprint density at radius 2 is 1.94 bits per heavy atom.